The number of urea groups is 1. The van der Waals surface area contributed by atoms with E-state index in [1.54, 1.807) is 25.4 Å². The van der Waals surface area contributed by atoms with Crippen LogP contribution in [0.25, 0.3) is 11.0 Å². The van der Waals surface area contributed by atoms with E-state index in [1.807, 2.05) is 6.07 Å². The molecule has 1 fully saturated rings. The van der Waals surface area contributed by atoms with Crippen molar-refractivity contribution in [1.82, 2.24) is 20.2 Å². The molecule has 0 unspecified atom stereocenters. The average Bonchev–Trinajstić information content (AvgIpc) is 2.74. The van der Waals surface area contributed by atoms with Gasteiger partial charge in [0.15, 0.2) is 0 Å². The number of unbranched alkanes of at least 4 members (excludes halogenated alkanes) is 4. The maximum Gasteiger partial charge on any atom is 0.319 e. The number of likely N-dealkylation sites (tertiary alicyclic amines) is 1. The van der Waals surface area contributed by atoms with Crippen LogP contribution in [-0.4, -0.2) is 53.7 Å². The Morgan fingerprint density at radius 1 is 1.17 bits per heavy atom. The third-order valence-corrected chi connectivity index (χ3v) is 5.52. The molecule has 0 bridgehead atoms. The first-order chi connectivity index (χ1) is 14.2. The molecule has 3 rings (SSSR count). The van der Waals surface area contributed by atoms with Gasteiger partial charge in [0.2, 0.25) is 5.88 Å². The maximum atomic E-state index is 12.5. The number of pyridine rings is 2. The molecule has 1 saturated heterocycles. The Bertz CT molecular complexity index is 790. The number of carbonyl (C=O) groups excluding carboxylic acids is 1. The zero-order valence-corrected chi connectivity index (χ0v) is 17.6. The van der Waals surface area contributed by atoms with Crippen LogP contribution in [-0.2, 0) is 0 Å². The minimum absolute atomic E-state index is 0.194. The van der Waals surface area contributed by atoms with Gasteiger partial charge in [0.05, 0.1) is 18.3 Å². The fourth-order valence-corrected chi connectivity index (χ4v) is 3.81. The molecule has 158 valence electrons. The van der Waals surface area contributed by atoms with E-state index in [4.69, 9.17) is 4.74 Å². The smallest absolute Gasteiger partial charge is 0.319 e. The first kappa shape index (κ1) is 21.3. The molecule has 3 heterocycles. The number of carbonyl (C=O) groups is 1. The highest BCUT2D eigenvalue weighted by molar-refractivity contribution is 5.98. The third-order valence-electron chi connectivity index (χ3n) is 5.52. The summed E-state index contributed by atoms with van der Waals surface area (Å²) >= 11 is 0. The summed E-state index contributed by atoms with van der Waals surface area (Å²) in [5.74, 6) is 0.496. The second-order valence-corrected chi connectivity index (χ2v) is 7.71. The quantitative estimate of drug-likeness (QED) is 0.618. The number of ether oxygens (including phenoxy) is 1. The molecule has 0 spiro atoms. The van der Waals surface area contributed by atoms with Crippen LogP contribution in [0, 0.1) is 0 Å². The van der Waals surface area contributed by atoms with E-state index < -0.39 is 0 Å². The number of methoxy groups -OCH3 is 1. The Morgan fingerprint density at radius 2 is 1.97 bits per heavy atom. The Balaban J connectivity index is 1.45. The van der Waals surface area contributed by atoms with Gasteiger partial charge >= 0.3 is 6.03 Å². The van der Waals surface area contributed by atoms with Gasteiger partial charge in [0.25, 0.3) is 0 Å². The number of nitrogens with zero attached hydrogens (tertiary/aromatic N) is 3. The number of fused-ring (bicyclic) bond motifs is 1. The highest BCUT2D eigenvalue weighted by Gasteiger charge is 2.20. The molecule has 0 aromatic carbocycles. The Kier molecular flexibility index (Phi) is 8.04. The molecule has 2 aromatic rings. The van der Waals surface area contributed by atoms with Crippen LogP contribution in [0.15, 0.2) is 24.4 Å². The van der Waals surface area contributed by atoms with E-state index in [1.165, 1.54) is 38.6 Å². The van der Waals surface area contributed by atoms with Crippen LogP contribution < -0.4 is 15.4 Å². The predicted octanol–water partition coefficient (Wildman–Crippen LogP) is 4.19. The molecule has 1 aliphatic heterocycles. The molecule has 2 amide bonds. The first-order valence-electron chi connectivity index (χ1n) is 10.8. The van der Waals surface area contributed by atoms with Crippen LogP contribution in [0.3, 0.4) is 0 Å². The van der Waals surface area contributed by atoms with Crippen LogP contribution in [0.5, 0.6) is 5.88 Å². The lowest BCUT2D eigenvalue weighted by Crippen LogP contribution is -2.46. The van der Waals surface area contributed by atoms with Crippen molar-refractivity contribution in [2.24, 2.45) is 0 Å². The van der Waals surface area contributed by atoms with Gasteiger partial charge in [-0.1, -0.05) is 32.6 Å². The van der Waals surface area contributed by atoms with Crippen LogP contribution >= 0.6 is 0 Å². The van der Waals surface area contributed by atoms with Gasteiger partial charge in [-0.25, -0.2) is 9.78 Å². The largest absolute Gasteiger partial charge is 0.481 e. The maximum absolute atomic E-state index is 12.5. The summed E-state index contributed by atoms with van der Waals surface area (Å²) in [6.45, 7) is 5.53. The molecular weight excluding hydrogens is 366 g/mol. The second kappa shape index (κ2) is 11.0. The number of hydrogen-bond donors (Lipinski definition) is 2. The summed E-state index contributed by atoms with van der Waals surface area (Å²) in [5.41, 5.74) is 1.98. The molecule has 7 heteroatoms. The van der Waals surface area contributed by atoms with Gasteiger partial charge < -0.3 is 20.3 Å². The minimum atomic E-state index is -0.194. The number of nitrogens with one attached hydrogen (secondary N) is 2. The summed E-state index contributed by atoms with van der Waals surface area (Å²) < 4.78 is 5.19. The fraction of sp³-hybridized carbons (Fsp3) is 0.591. The number of piperidine rings is 1. The molecular formula is C22H33N5O2. The van der Waals surface area contributed by atoms with E-state index in [0.717, 1.165) is 31.4 Å². The number of rotatable bonds is 9. The van der Waals surface area contributed by atoms with Gasteiger partial charge in [-0.2, -0.15) is 0 Å². The molecule has 1 aliphatic rings. The first-order valence-corrected chi connectivity index (χ1v) is 10.8. The Labute approximate surface area is 173 Å². The van der Waals surface area contributed by atoms with Crippen molar-refractivity contribution in [3.8, 4) is 5.88 Å². The van der Waals surface area contributed by atoms with Gasteiger partial charge in [0.1, 0.15) is 5.52 Å². The van der Waals surface area contributed by atoms with Crippen molar-refractivity contribution in [3.05, 3.63) is 24.4 Å². The average molecular weight is 400 g/mol. The molecule has 29 heavy (non-hydrogen) atoms. The number of anilines is 1. The van der Waals surface area contributed by atoms with Crippen LogP contribution in [0.4, 0.5) is 10.5 Å². The monoisotopic (exact) mass is 399 g/mol. The zero-order valence-electron chi connectivity index (χ0n) is 17.6. The Morgan fingerprint density at radius 3 is 2.72 bits per heavy atom. The summed E-state index contributed by atoms with van der Waals surface area (Å²) in [7, 11) is 1.57. The second-order valence-electron chi connectivity index (χ2n) is 7.71. The summed E-state index contributed by atoms with van der Waals surface area (Å²) in [5, 5.41) is 6.04. The van der Waals surface area contributed by atoms with Crippen molar-refractivity contribution in [3.63, 3.8) is 0 Å². The summed E-state index contributed by atoms with van der Waals surface area (Å²) in [6, 6.07) is 5.37. The highest BCUT2D eigenvalue weighted by atomic mass is 16.5. The number of hydrogen-bond acceptors (Lipinski definition) is 5. The van der Waals surface area contributed by atoms with E-state index in [0.29, 0.717) is 17.1 Å². The van der Waals surface area contributed by atoms with Crippen molar-refractivity contribution < 1.29 is 9.53 Å². The molecule has 0 atom stereocenters. The summed E-state index contributed by atoms with van der Waals surface area (Å²) in [6.07, 6.45) is 10.2. The lowest BCUT2D eigenvalue weighted by Gasteiger charge is -2.32. The van der Waals surface area contributed by atoms with Gasteiger partial charge in [-0.3, -0.25) is 4.98 Å². The minimum Gasteiger partial charge on any atom is -0.481 e. The lowest BCUT2D eigenvalue weighted by molar-refractivity contribution is 0.193. The summed E-state index contributed by atoms with van der Waals surface area (Å²) in [4.78, 5) is 23.8. The van der Waals surface area contributed by atoms with E-state index in [2.05, 4.69) is 32.4 Å². The zero-order chi connectivity index (χ0) is 20.5. The van der Waals surface area contributed by atoms with Crippen molar-refractivity contribution in [2.75, 3.05) is 32.1 Å². The van der Waals surface area contributed by atoms with Crippen LogP contribution in [0.2, 0.25) is 0 Å². The van der Waals surface area contributed by atoms with E-state index in [9.17, 15) is 4.79 Å². The normalized spacial score (nSPS) is 15.4. The number of aromatic nitrogens is 2. The van der Waals surface area contributed by atoms with Gasteiger partial charge in [-0.05, 0) is 37.9 Å². The molecule has 0 aliphatic carbocycles. The highest BCUT2D eigenvalue weighted by Crippen LogP contribution is 2.22. The number of amides is 2. The van der Waals surface area contributed by atoms with E-state index in [-0.39, 0.29) is 12.1 Å². The molecule has 0 saturated carbocycles. The predicted molar refractivity (Wildman–Crippen MR) is 116 cm³/mol. The SMILES string of the molecule is CCCCCCCN1CCC(NC(=O)Nc2ccnc3ccc(OC)nc23)CC1. The molecule has 7 nitrogen and oxygen atoms in total. The standard InChI is InChI=1S/C22H33N5O2/c1-3-4-5-6-7-14-27-15-11-17(12-16-27)24-22(28)25-19-10-13-23-18-8-9-20(29-2)26-21(18)19/h8-10,13,17H,3-7,11-12,14-16H2,1-2H3,(H2,23,24,25,28). The van der Waals surface area contributed by atoms with Crippen molar-refractivity contribution in [2.45, 2.75) is 57.9 Å². The van der Waals surface area contributed by atoms with Crippen LogP contribution in [0.1, 0.15) is 51.9 Å². The topological polar surface area (TPSA) is 79.4 Å². The molecule has 2 N–H and O–H groups in total. The van der Waals surface area contributed by atoms with Crippen molar-refractivity contribution >= 4 is 22.8 Å². The van der Waals surface area contributed by atoms with Gasteiger partial charge in [0, 0.05) is 31.4 Å². The molecule has 2 aromatic heterocycles. The fourth-order valence-electron chi connectivity index (χ4n) is 3.81. The third kappa shape index (κ3) is 6.29. The van der Waals surface area contributed by atoms with Crippen molar-refractivity contribution in [1.29, 1.82) is 0 Å². The van der Waals surface area contributed by atoms with E-state index >= 15 is 0 Å². The lowest BCUT2D eigenvalue weighted by atomic mass is 10.0. The van der Waals surface area contributed by atoms with Gasteiger partial charge in [-0.15, -0.1) is 0 Å². The Hall–Kier alpha value is -2.41. The molecule has 0 radical (unpaired) electrons.